The Bertz CT molecular complexity index is 143. The summed E-state index contributed by atoms with van der Waals surface area (Å²) in [5.74, 6) is 5.53. The van der Waals surface area contributed by atoms with Crippen molar-refractivity contribution in [3.05, 3.63) is 0 Å². The number of hydrogen-bond donors (Lipinski definition) is 2. The van der Waals surface area contributed by atoms with E-state index in [1.165, 1.54) is 6.42 Å². The SMILES string of the molecule is CCOCCCC(CCC(C)(C)C)NN. The van der Waals surface area contributed by atoms with Gasteiger partial charge in [0.2, 0.25) is 0 Å². The average molecular weight is 216 g/mol. The van der Waals surface area contributed by atoms with E-state index < -0.39 is 0 Å². The number of hydrogen-bond acceptors (Lipinski definition) is 3. The Balaban J connectivity index is 3.55. The molecule has 0 spiro atoms. The first-order valence-corrected chi connectivity index (χ1v) is 6.03. The first kappa shape index (κ1) is 14.9. The van der Waals surface area contributed by atoms with Crippen LogP contribution >= 0.6 is 0 Å². The van der Waals surface area contributed by atoms with Crippen LogP contribution < -0.4 is 11.3 Å². The molecular weight excluding hydrogens is 188 g/mol. The van der Waals surface area contributed by atoms with Crippen LogP contribution in [0.5, 0.6) is 0 Å². The van der Waals surface area contributed by atoms with Crippen molar-refractivity contribution in [3.63, 3.8) is 0 Å². The molecular formula is C12H28N2O. The summed E-state index contributed by atoms with van der Waals surface area (Å²) in [7, 11) is 0. The van der Waals surface area contributed by atoms with Gasteiger partial charge in [0.25, 0.3) is 0 Å². The predicted octanol–water partition coefficient (Wildman–Crippen LogP) is 2.46. The van der Waals surface area contributed by atoms with Gasteiger partial charge in [-0.1, -0.05) is 20.8 Å². The summed E-state index contributed by atoms with van der Waals surface area (Å²) in [6, 6.07) is 0.435. The second-order valence-electron chi connectivity index (χ2n) is 5.30. The molecule has 0 aliphatic heterocycles. The summed E-state index contributed by atoms with van der Waals surface area (Å²) >= 11 is 0. The molecule has 0 heterocycles. The summed E-state index contributed by atoms with van der Waals surface area (Å²) in [6.45, 7) is 10.5. The number of rotatable bonds is 8. The van der Waals surface area contributed by atoms with Crippen LogP contribution in [0, 0.1) is 5.41 Å². The lowest BCUT2D eigenvalue weighted by Gasteiger charge is -2.22. The van der Waals surface area contributed by atoms with E-state index in [2.05, 4.69) is 26.2 Å². The maximum atomic E-state index is 5.53. The summed E-state index contributed by atoms with van der Waals surface area (Å²) < 4.78 is 5.31. The first-order chi connectivity index (χ1) is 6.99. The Labute approximate surface area is 94.7 Å². The topological polar surface area (TPSA) is 47.3 Å². The quantitative estimate of drug-likeness (QED) is 0.372. The van der Waals surface area contributed by atoms with Crippen molar-refractivity contribution in [3.8, 4) is 0 Å². The zero-order chi connectivity index (χ0) is 11.7. The van der Waals surface area contributed by atoms with Gasteiger partial charge in [0.1, 0.15) is 0 Å². The number of hydrazine groups is 1. The van der Waals surface area contributed by atoms with E-state index >= 15 is 0 Å². The lowest BCUT2D eigenvalue weighted by atomic mass is 9.88. The highest BCUT2D eigenvalue weighted by molar-refractivity contribution is 4.69. The van der Waals surface area contributed by atoms with Gasteiger partial charge in [0.15, 0.2) is 0 Å². The van der Waals surface area contributed by atoms with Crippen LogP contribution in [0.2, 0.25) is 0 Å². The summed E-state index contributed by atoms with van der Waals surface area (Å²) in [5, 5.41) is 0. The van der Waals surface area contributed by atoms with Crippen molar-refractivity contribution in [2.24, 2.45) is 11.3 Å². The van der Waals surface area contributed by atoms with E-state index in [0.717, 1.165) is 32.5 Å². The molecule has 1 unspecified atom stereocenters. The maximum absolute atomic E-state index is 5.53. The Morgan fingerprint density at radius 1 is 1.27 bits per heavy atom. The van der Waals surface area contributed by atoms with E-state index in [0.29, 0.717) is 11.5 Å². The molecule has 3 nitrogen and oxygen atoms in total. The van der Waals surface area contributed by atoms with Crippen molar-refractivity contribution in [1.82, 2.24) is 5.43 Å². The Morgan fingerprint density at radius 3 is 2.40 bits per heavy atom. The monoisotopic (exact) mass is 216 g/mol. The Hall–Kier alpha value is -0.120. The average Bonchev–Trinajstić information content (AvgIpc) is 2.15. The molecule has 0 amide bonds. The molecule has 0 radical (unpaired) electrons. The lowest BCUT2D eigenvalue weighted by molar-refractivity contribution is 0.140. The van der Waals surface area contributed by atoms with Crippen molar-refractivity contribution >= 4 is 0 Å². The van der Waals surface area contributed by atoms with Crippen LogP contribution in [0.15, 0.2) is 0 Å². The molecule has 92 valence electrons. The smallest absolute Gasteiger partial charge is 0.0466 e. The fourth-order valence-corrected chi connectivity index (χ4v) is 1.49. The molecule has 0 aliphatic carbocycles. The predicted molar refractivity (Wildman–Crippen MR) is 65.5 cm³/mol. The van der Waals surface area contributed by atoms with E-state index in [9.17, 15) is 0 Å². The Kier molecular flexibility index (Phi) is 8.02. The van der Waals surface area contributed by atoms with Crippen LogP contribution in [-0.2, 0) is 4.74 Å². The summed E-state index contributed by atoms with van der Waals surface area (Å²) in [6.07, 6.45) is 4.54. The molecule has 0 fully saturated rings. The fourth-order valence-electron chi connectivity index (χ4n) is 1.49. The van der Waals surface area contributed by atoms with Gasteiger partial charge in [-0.15, -0.1) is 0 Å². The van der Waals surface area contributed by atoms with Gasteiger partial charge < -0.3 is 4.74 Å². The standard InChI is InChI=1S/C12H28N2O/c1-5-15-10-6-7-11(14-13)8-9-12(2,3)4/h11,14H,5-10,13H2,1-4H3. The Morgan fingerprint density at radius 2 is 1.93 bits per heavy atom. The zero-order valence-electron chi connectivity index (χ0n) is 10.8. The molecule has 1 atom stereocenters. The van der Waals surface area contributed by atoms with Crippen molar-refractivity contribution < 1.29 is 4.74 Å². The third-order valence-corrected chi connectivity index (χ3v) is 2.52. The van der Waals surface area contributed by atoms with Gasteiger partial charge in [-0.05, 0) is 38.0 Å². The van der Waals surface area contributed by atoms with Crippen LogP contribution in [-0.4, -0.2) is 19.3 Å². The summed E-state index contributed by atoms with van der Waals surface area (Å²) in [5.41, 5.74) is 3.29. The van der Waals surface area contributed by atoms with Crippen LogP contribution in [0.4, 0.5) is 0 Å². The third kappa shape index (κ3) is 10.2. The molecule has 0 saturated carbocycles. The number of nitrogens with one attached hydrogen (secondary N) is 1. The van der Waals surface area contributed by atoms with E-state index in [1.54, 1.807) is 0 Å². The van der Waals surface area contributed by atoms with Crippen LogP contribution in [0.1, 0.15) is 53.4 Å². The second-order valence-corrected chi connectivity index (χ2v) is 5.30. The van der Waals surface area contributed by atoms with Gasteiger partial charge in [0, 0.05) is 19.3 Å². The van der Waals surface area contributed by atoms with E-state index in [-0.39, 0.29) is 0 Å². The van der Waals surface area contributed by atoms with E-state index in [1.807, 2.05) is 6.92 Å². The molecule has 0 aliphatic rings. The van der Waals surface area contributed by atoms with E-state index in [4.69, 9.17) is 10.6 Å². The second kappa shape index (κ2) is 8.08. The van der Waals surface area contributed by atoms with Crippen LogP contribution in [0.25, 0.3) is 0 Å². The molecule has 0 aromatic heterocycles. The number of nitrogens with two attached hydrogens (primary N) is 1. The van der Waals surface area contributed by atoms with Gasteiger partial charge in [0.05, 0.1) is 0 Å². The molecule has 0 bridgehead atoms. The summed E-state index contributed by atoms with van der Waals surface area (Å²) in [4.78, 5) is 0. The fraction of sp³-hybridized carbons (Fsp3) is 1.00. The molecule has 0 aromatic carbocycles. The lowest BCUT2D eigenvalue weighted by Crippen LogP contribution is -2.36. The van der Waals surface area contributed by atoms with Crippen molar-refractivity contribution in [1.29, 1.82) is 0 Å². The van der Waals surface area contributed by atoms with Crippen LogP contribution in [0.3, 0.4) is 0 Å². The maximum Gasteiger partial charge on any atom is 0.0466 e. The molecule has 0 aromatic rings. The largest absolute Gasteiger partial charge is 0.382 e. The highest BCUT2D eigenvalue weighted by atomic mass is 16.5. The molecule has 0 rings (SSSR count). The minimum atomic E-state index is 0.398. The van der Waals surface area contributed by atoms with Gasteiger partial charge in [-0.25, -0.2) is 0 Å². The zero-order valence-corrected chi connectivity index (χ0v) is 10.8. The number of ether oxygens (including phenoxy) is 1. The van der Waals surface area contributed by atoms with Crippen molar-refractivity contribution in [2.75, 3.05) is 13.2 Å². The molecule has 3 N–H and O–H groups in total. The molecule has 15 heavy (non-hydrogen) atoms. The highest BCUT2D eigenvalue weighted by Crippen LogP contribution is 2.22. The van der Waals surface area contributed by atoms with Gasteiger partial charge in [-0.3, -0.25) is 11.3 Å². The van der Waals surface area contributed by atoms with Crippen molar-refractivity contribution in [2.45, 2.75) is 59.4 Å². The molecule has 0 saturated heterocycles. The highest BCUT2D eigenvalue weighted by Gasteiger charge is 2.14. The first-order valence-electron chi connectivity index (χ1n) is 6.03. The molecule has 3 heteroatoms. The van der Waals surface area contributed by atoms with Gasteiger partial charge >= 0.3 is 0 Å². The normalized spacial score (nSPS) is 14.2. The van der Waals surface area contributed by atoms with Gasteiger partial charge in [-0.2, -0.15) is 0 Å². The minimum Gasteiger partial charge on any atom is -0.382 e. The minimum absolute atomic E-state index is 0.398. The third-order valence-electron chi connectivity index (χ3n) is 2.52.